The number of piperidine rings is 1. The molecule has 3 heterocycles. The van der Waals surface area contributed by atoms with Gasteiger partial charge in [-0.3, -0.25) is 4.79 Å². The van der Waals surface area contributed by atoms with Gasteiger partial charge < -0.3 is 29.3 Å². The predicted octanol–water partition coefficient (Wildman–Crippen LogP) is 1.35. The Balaban J connectivity index is 1.31. The number of nitrogens with one attached hydrogen (secondary N) is 1. The normalized spacial score (nSPS) is 24.5. The average molecular weight is 375 g/mol. The van der Waals surface area contributed by atoms with Crippen LogP contribution in [0.15, 0.2) is 24.3 Å². The fraction of sp³-hybridized carbons (Fsp3) is 0.579. The Morgan fingerprint density at radius 3 is 2.48 bits per heavy atom. The number of likely N-dealkylation sites (tertiary alicyclic amines) is 1. The third-order valence-electron chi connectivity index (χ3n) is 5.46. The summed E-state index contributed by atoms with van der Waals surface area (Å²) in [6.45, 7) is 2.90. The number of carbonyl (C=O) groups is 2. The Bertz CT molecular complexity index is 692. The maximum Gasteiger partial charge on any atom is 0.317 e. The Hall–Kier alpha value is -2.32. The number of hydrogen-bond donors (Lipinski definition) is 1. The zero-order chi connectivity index (χ0) is 18.9. The lowest BCUT2D eigenvalue weighted by atomic mass is 10.0. The van der Waals surface area contributed by atoms with Gasteiger partial charge in [-0.25, -0.2) is 4.79 Å². The standard InChI is InChI=1S/C19H25N3O5/c1-25-16-4-2-15(3-5-16)22-13-14(12-17(22)23)20-18(24)21-8-6-19(7-9-21)26-10-11-27-19/h2-5,14H,6-13H2,1H3,(H,20,24)/t14-/m0/s1. The molecule has 0 bridgehead atoms. The zero-order valence-electron chi connectivity index (χ0n) is 15.5. The molecule has 0 aliphatic carbocycles. The van der Waals surface area contributed by atoms with Gasteiger partial charge in [0.05, 0.1) is 26.4 Å². The molecule has 1 aromatic carbocycles. The van der Waals surface area contributed by atoms with Crippen molar-refractivity contribution in [3.05, 3.63) is 24.3 Å². The largest absolute Gasteiger partial charge is 0.497 e. The second kappa shape index (κ2) is 7.36. The van der Waals surface area contributed by atoms with Crippen LogP contribution in [0.25, 0.3) is 0 Å². The summed E-state index contributed by atoms with van der Waals surface area (Å²) in [6, 6.07) is 7.04. The van der Waals surface area contributed by atoms with Gasteiger partial charge in [0.1, 0.15) is 5.75 Å². The molecule has 146 valence electrons. The first-order valence-corrected chi connectivity index (χ1v) is 9.36. The van der Waals surface area contributed by atoms with Crippen LogP contribution in [0, 0.1) is 0 Å². The van der Waals surface area contributed by atoms with E-state index in [1.807, 2.05) is 24.3 Å². The highest BCUT2D eigenvalue weighted by Gasteiger charge is 2.41. The average Bonchev–Trinajstić information content (AvgIpc) is 3.29. The van der Waals surface area contributed by atoms with Gasteiger partial charge in [0.15, 0.2) is 5.79 Å². The van der Waals surface area contributed by atoms with Crippen molar-refractivity contribution in [2.45, 2.75) is 31.1 Å². The second-order valence-electron chi connectivity index (χ2n) is 7.15. The number of hydrogen-bond acceptors (Lipinski definition) is 5. The summed E-state index contributed by atoms with van der Waals surface area (Å²) in [5, 5.41) is 3.00. The van der Waals surface area contributed by atoms with E-state index in [2.05, 4.69) is 5.32 Å². The quantitative estimate of drug-likeness (QED) is 0.863. The summed E-state index contributed by atoms with van der Waals surface area (Å²) < 4.78 is 16.5. The number of methoxy groups -OCH3 is 1. The van der Waals surface area contributed by atoms with Crippen LogP contribution in [-0.2, 0) is 14.3 Å². The van der Waals surface area contributed by atoms with E-state index in [0.717, 1.165) is 11.4 Å². The number of rotatable bonds is 3. The van der Waals surface area contributed by atoms with Crippen molar-refractivity contribution in [3.8, 4) is 5.75 Å². The molecule has 3 aliphatic rings. The summed E-state index contributed by atoms with van der Waals surface area (Å²) in [7, 11) is 1.61. The number of carbonyl (C=O) groups excluding carboxylic acids is 2. The molecule has 0 radical (unpaired) electrons. The highest BCUT2D eigenvalue weighted by molar-refractivity contribution is 5.96. The van der Waals surface area contributed by atoms with Crippen molar-refractivity contribution >= 4 is 17.6 Å². The Labute approximate surface area is 158 Å². The first-order chi connectivity index (χ1) is 13.1. The van der Waals surface area contributed by atoms with Crippen LogP contribution in [0.3, 0.4) is 0 Å². The van der Waals surface area contributed by atoms with E-state index < -0.39 is 5.79 Å². The Morgan fingerprint density at radius 1 is 1.19 bits per heavy atom. The van der Waals surface area contributed by atoms with Gasteiger partial charge in [0, 0.05) is 44.6 Å². The fourth-order valence-electron chi connectivity index (χ4n) is 3.92. The summed E-state index contributed by atoms with van der Waals surface area (Å²) in [4.78, 5) is 28.4. The lowest BCUT2D eigenvalue weighted by molar-refractivity contribution is -0.181. The van der Waals surface area contributed by atoms with Crippen LogP contribution in [0.5, 0.6) is 5.75 Å². The number of ether oxygens (including phenoxy) is 3. The Morgan fingerprint density at radius 2 is 1.85 bits per heavy atom. The molecule has 1 spiro atoms. The van der Waals surface area contributed by atoms with Gasteiger partial charge in [-0.05, 0) is 24.3 Å². The first-order valence-electron chi connectivity index (χ1n) is 9.36. The summed E-state index contributed by atoms with van der Waals surface area (Å²) >= 11 is 0. The molecule has 3 aliphatic heterocycles. The van der Waals surface area contributed by atoms with E-state index in [9.17, 15) is 9.59 Å². The minimum absolute atomic E-state index is 0.0100. The minimum Gasteiger partial charge on any atom is -0.497 e. The topological polar surface area (TPSA) is 80.3 Å². The number of anilines is 1. The molecule has 0 aromatic heterocycles. The van der Waals surface area contributed by atoms with E-state index in [4.69, 9.17) is 14.2 Å². The fourth-order valence-corrected chi connectivity index (χ4v) is 3.92. The molecule has 3 amide bonds. The van der Waals surface area contributed by atoms with E-state index in [-0.39, 0.29) is 18.0 Å². The van der Waals surface area contributed by atoms with Crippen LogP contribution in [0.4, 0.5) is 10.5 Å². The predicted molar refractivity (Wildman–Crippen MR) is 97.7 cm³/mol. The van der Waals surface area contributed by atoms with Crippen molar-refractivity contribution in [2.75, 3.05) is 44.9 Å². The molecule has 0 unspecified atom stereocenters. The monoisotopic (exact) mass is 375 g/mol. The number of urea groups is 1. The molecule has 3 saturated heterocycles. The lowest BCUT2D eigenvalue weighted by Gasteiger charge is -2.37. The van der Waals surface area contributed by atoms with Crippen molar-refractivity contribution in [1.82, 2.24) is 10.2 Å². The van der Waals surface area contributed by atoms with Crippen molar-refractivity contribution in [1.29, 1.82) is 0 Å². The van der Waals surface area contributed by atoms with Crippen molar-refractivity contribution in [3.63, 3.8) is 0 Å². The van der Waals surface area contributed by atoms with Crippen LogP contribution in [-0.4, -0.2) is 68.6 Å². The SMILES string of the molecule is COc1ccc(N2C[C@@H](NC(=O)N3CCC4(CC3)OCCO4)CC2=O)cc1. The van der Waals surface area contributed by atoms with Gasteiger partial charge in [0.25, 0.3) is 0 Å². The van der Waals surface area contributed by atoms with Gasteiger partial charge in [-0.15, -0.1) is 0 Å². The Kier molecular flexibility index (Phi) is 4.92. The molecule has 8 heteroatoms. The molecule has 1 aromatic rings. The van der Waals surface area contributed by atoms with E-state index in [1.165, 1.54) is 0 Å². The van der Waals surface area contributed by atoms with Crippen LogP contribution >= 0.6 is 0 Å². The highest BCUT2D eigenvalue weighted by Crippen LogP contribution is 2.31. The zero-order valence-corrected chi connectivity index (χ0v) is 15.5. The number of amides is 3. The molecule has 1 N–H and O–H groups in total. The summed E-state index contributed by atoms with van der Waals surface area (Å²) in [5.74, 6) is 0.259. The number of benzene rings is 1. The molecular weight excluding hydrogens is 350 g/mol. The minimum atomic E-state index is -0.495. The highest BCUT2D eigenvalue weighted by atomic mass is 16.7. The third-order valence-corrected chi connectivity index (χ3v) is 5.46. The molecule has 3 fully saturated rings. The van der Waals surface area contributed by atoms with Crippen molar-refractivity contribution < 1.29 is 23.8 Å². The van der Waals surface area contributed by atoms with E-state index in [1.54, 1.807) is 16.9 Å². The van der Waals surface area contributed by atoms with Gasteiger partial charge in [0.2, 0.25) is 5.91 Å². The molecule has 27 heavy (non-hydrogen) atoms. The van der Waals surface area contributed by atoms with Gasteiger partial charge in [-0.1, -0.05) is 0 Å². The van der Waals surface area contributed by atoms with Crippen LogP contribution in [0.2, 0.25) is 0 Å². The molecule has 1 atom stereocenters. The molecule has 0 saturated carbocycles. The molecule has 8 nitrogen and oxygen atoms in total. The maximum absolute atomic E-state index is 12.6. The third kappa shape index (κ3) is 3.72. The van der Waals surface area contributed by atoms with Crippen LogP contribution in [0.1, 0.15) is 19.3 Å². The summed E-state index contributed by atoms with van der Waals surface area (Å²) in [5.41, 5.74) is 0.813. The first kappa shape index (κ1) is 18.1. The van der Waals surface area contributed by atoms with E-state index >= 15 is 0 Å². The number of nitrogens with zero attached hydrogens (tertiary/aromatic N) is 2. The van der Waals surface area contributed by atoms with E-state index in [0.29, 0.717) is 52.1 Å². The molecule has 4 rings (SSSR count). The summed E-state index contributed by atoms with van der Waals surface area (Å²) in [6.07, 6.45) is 1.67. The lowest BCUT2D eigenvalue weighted by Crippen LogP contribution is -2.52. The second-order valence-corrected chi connectivity index (χ2v) is 7.15. The van der Waals surface area contributed by atoms with Gasteiger partial charge >= 0.3 is 6.03 Å². The maximum atomic E-state index is 12.6. The van der Waals surface area contributed by atoms with Crippen LogP contribution < -0.4 is 15.0 Å². The van der Waals surface area contributed by atoms with Crippen molar-refractivity contribution in [2.24, 2.45) is 0 Å². The molecular formula is C19H25N3O5. The smallest absolute Gasteiger partial charge is 0.317 e. The van der Waals surface area contributed by atoms with Gasteiger partial charge in [-0.2, -0.15) is 0 Å².